The molecule has 0 saturated carbocycles. The molecular weight excluding hydrogens is 554 g/mol. The highest BCUT2D eigenvalue weighted by molar-refractivity contribution is 7.67. The van der Waals surface area contributed by atoms with Crippen molar-refractivity contribution in [3.05, 3.63) is 53.7 Å². The van der Waals surface area contributed by atoms with E-state index in [-0.39, 0.29) is 18.3 Å². The number of ether oxygens (including phenoxy) is 1. The number of rotatable bonds is 13. The number of methoxy groups -OCH3 is 1. The maximum absolute atomic E-state index is 11.4. The predicted octanol–water partition coefficient (Wildman–Crippen LogP) is 4.30. The van der Waals surface area contributed by atoms with Gasteiger partial charge in [-0.25, -0.2) is 9.19 Å². The van der Waals surface area contributed by atoms with Crippen LogP contribution >= 0.6 is 11.6 Å². The number of hydrogen-bond donors (Lipinski definition) is 4. The van der Waals surface area contributed by atoms with Crippen LogP contribution in [0, 0.1) is 0 Å². The van der Waals surface area contributed by atoms with E-state index in [1.807, 2.05) is 42.5 Å². The van der Waals surface area contributed by atoms with E-state index in [9.17, 15) is 9.00 Å². The van der Waals surface area contributed by atoms with Crippen molar-refractivity contribution in [3.8, 4) is 5.75 Å². The Balaban J connectivity index is 1.41. The zero-order chi connectivity index (χ0) is 28.5. The number of nitrogens with zero attached hydrogens (tertiary/aromatic N) is 5. The molecule has 0 bridgehead atoms. The number of carbonyl (C=O) groups is 1. The molecule has 3 N–H and O–H groups in total. The topological polar surface area (TPSA) is 123 Å². The van der Waals surface area contributed by atoms with Gasteiger partial charge in [-0.1, -0.05) is 23.7 Å². The average molecular weight is 588 g/mol. The van der Waals surface area contributed by atoms with Crippen molar-refractivity contribution < 1.29 is 18.8 Å². The molecule has 0 spiro atoms. The first-order valence-electron chi connectivity index (χ1n) is 13.0. The lowest BCUT2D eigenvalue weighted by molar-refractivity contribution is -0.137. The van der Waals surface area contributed by atoms with Crippen molar-refractivity contribution >= 4 is 63.9 Å². The molecule has 1 aromatic heterocycles. The molecule has 2 heterocycles. The predicted molar refractivity (Wildman–Crippen MR) is 161 cm³/mol. The molecule has 2 aromatic carbocycles. The van der Waals surface area contributed by atoms with Crippen LogP contribution in [0.5, 0.6) is 5.75 Å². The Hall–Kier alpha value is -3.61. The molecule has 40 heavy (non-hydrogen) atoms. The van der Waals surface area contributed by atoms with Gasteiger partial charge in [-0.3, -0.25) is 14.0 Å². The lowest BCUT2D eigenvalue weighted by Crippen LogP contribution is -2.46. The number of carboxylic acid groups (broad SMARTS) is 1. The van der Waals surface area contributed by atoms with E-state index < -0.39 is 5.97 Å². The van der Waals surface area contributed by atoms with Gasteiger partial charge < -0.3 is 25.4 Å². The Labute approximate surface area is 242 Å². The number of carboxylic acids is 1. The molecule has 1 saturated heterocycles. The lowest BCUT2D eigenvalue weighted by Gasteiger charge is -2.36. The zero-order valence-corrected chi connectivity index (χ0v) is 24.2. The molecular formula is C27H34ClN7O4S. The number of benzene rings is 2. The third kappa shape index (κ3) is 7.74. The van der Waals surface area contributed by atoms with E-state index in [1.165, 1.54) is 6.20 Å². The number of anilines is 6. The quantitative estimate of drug-likeness (QED) is 0.170. The number of nitrogens with one attached hydrogen (secondary N) is 2. The Morgan fingerprint density at radius 1 is 1.12 bits per heavy atom. The van der Waals surface area contributed by atoms with E-state index in [1.54, 1.807) is 18.5 Å². The van der Waals surface area contributed by atoms with E-state index >= 15 is 0 Å². The van der Waals surface area contributed by atoms with Crippen LogP contribution in [-0.4, -0.2) is 77.0 Å². The molecule has 0 unspecified atom stereocenters. The maximum atomic E-state index is 11.4. The highest BCUT2D eigenvalue weighted by Gasteiger charge is 2.19. The molecule has 0 aliphatic carbocycles. The maximum Gasteiger partial charge on any atom is 0.303 e. The zero-order valence-electron chi connectivity index (χ0n) is 22.5. The Morgan fingerprint density at radius 2 is 1.90 bits per heavy atom. The van der Waals surface area contributed by atoms with Gasteiger partial charge in [-0.15, -0.1) is 0 Å². The Bertz CT molecular complexity index is 1320. The van der Waals surface area contributed by atoms with Gasteiger partial charge in [0.2, 0.25) is 5.95 Å². The van der Waals surface area contributed by atoms with Crippen LogP contribution in [0.4, 0.5) is 34.5 Å². The summed E-state index contributed by atoms with van der Waals surface area (Å²) < 4.78 is 18.6. The summed E-state index contributed by atoms with van der Waals surface area (Å²) in [7, 11) is 3.34. The highest BCUT2D eigenvalue weighted by atomic mass is 35.5. The second kappa shape index (κ2) is 14.1. The minimum atomic E-state index is -0.734. The highest BCUT2D eigenvalue weighted by Crippen LogP contribution is 2.34. The molecule has 0 radical (unpaired) electrons. The Morgan fingerprint density at radius 3 is 2.62 bits per heavy atom. The van der Waals surface area contributed by atoms with Crippen molar-refractivity contribution in [1.82, 2.24) is 14.9 Å². The molecule has 1 aliphatic rings. The minimum Gasteiger partial charge on any atom is -0.494 e. The van der Waals surface area contributed by atoms with Gasteiger partial charge in [0.15, 0.2) is 5.82 Å². The van der Waals surface area contributed by atoms with Crippen LogP contribution < -0.4 is 24.6 Å². The number of aliphatic carboxylic acids is 1. The SMILES string of the molecule is COc1cc(N2CCN(CCCCC(=O)O)CC2)ccc1Nc1ncc(Cl)c(Nc2ccccc2N(C)[SH]=O)n1. The average Bonchev–Trinajstić information content (AvgIpc) is 2.97. The molecule has 214 valence electrons. The molecule has 0 amide bonds. The van der Waals surface area contributed by atoms with Crippen LogP contribution in [0.15, 0.2) is 48.7 Å². The van der Waals surface area contributed by atoms with E-state index in [4.69, 9.17) is 21.4 Å². The van der Waals surface area contributed by atoms with Gasteiger partial charge >= 0.3 is 5.97 Å². The largest absolute Gasteiger partial charge is 0.494 e. The first-order valence-corrected chi connectivity index (χ1v) is 14.1. The smallest absolute Gasteiger partial charge is 0.303 e. The number of hydrogen-bond acceptors (Lipinski definition) is 9. The first kappa shape index (κ1) is 29.4. The summed E-state index contributed by atoms with van der Waals surface area (Å²) >= 11 is 6.25. The first-order chi connectivity index (χ1) is 19.4. The molecule has 3 aromatic rings. The normalized spacial score (nSPS) is 13.6. The van der Waals surface area contributed by atoms with Crippen molar-refractivity contribution in [3.63, 3.8) is 0 Å². The third-order valence-electron chi connectivity index (χ3n) is 6.66. The standard InChI is InChI=1S/C27H34ClN7O4S/c1-33(40-38)23-8-4-3-7-21(23)30-26-20(28)18-29-27(32-26)31-22-11-10-19(17-24(22)39-2)35-15-13-34(14-16-35)12-6-5-9-25(36)37/h3-4,7-8,10-11,17-18,40H,5-6,9,12-16H2,1-2H3,(H,36,37)(H2,29,30,31,32). The number of piperazine rings is 1. The van der Waals surface area contributed by atoms with E-state index in [2.05, 4.69) is 30.4 Å². The van der Waals surface area contributed by atoms with Crippen LogP contribution in [0.1, 0.15) is 19.3 Å². The number of halogens is 1. The molecule has 1 aliphatic heterocycles. The molecule has 11 nitrogen and oxygen atoms in total. The molecule has 13 heteroatoms. The second-order valence-corrected chi connectivity index (χ2v) is 10.5. The molecule has 1 fully saturated rings. The third-order valence-corrected chi connectivity index (χ3v) is 7.39. The van der Waals surface area contributed by atoms with Crippen LogP contribution in [0.25, 0.3) is 0 Å². The minimum absolute atomic E-state index is 0.137. The lowest BCUT2D eigenvalue weighted by atomic mass is 10.2. The molecule has 0 atom stereocenters. The van der Waals surface area contributed by atoms with Gasteiger partial charge in [0.05, 0.1) is 30.4 Å². The van der Waals surface area contributed by atoms with Gasteiger partial charge in [-0.05, 0) is 43.7 Å². The van der Waals surface area contributed by atoms with Crippen molar-refractivity contribution in [2.24, 2.45) is 0 Å². The summed E-state index contributed by atoms with van der Waals surface area (Å²) in [5, 5.41) is 15.6. The van der Waals surface area contributed by atoms with E-state index in [0.717, 1.165) is 50.5 Å². The second-order valence-electron chi connectivity index (χ2n) is 9.33. The van der Waals surface area contributed by atoms with Gasteiger partial charge in [0.25, 0.3) is 0 Å². The summed E-state index contributed by atoms with van der Waals surface area (Å²) in [5.74, 6) is 0.659. The van der Waals surface area contributed by atoms with Gasteiger partial charge in [0, 0.05) is 51.4 Å². The van der Waals surface area contributed by atoms with E-state index in [0.29, 0.717) is 40.3 Å². The van der Waals surface area contributed by atoms with Crippen LogP contribution in [-0.2, 0) is 16.6 Å². The summed E-state index contributed by atoms with van der Waals surface area (Å²) in [6, 6.07) is 13.4. The Kier molecular flexibility index (Phi) is 10.4. The van der Waals surface area contributed by atoms with Crippen LogP contribution in [0.3, 0.4) is 0 Å². The number of unbranched alkanes of at least 4 members (excludes halogenated alkanes) is 1. The number of aromatic nitrogens is 2. The monoisotopic (exact) mass is 587 g/mol. The summed E-state index contributed by atoms with van der Waals surface area (Å²) in [6.45, 7) is 4.54. The van der Waals surface area contributed by atoms with Crippen molar-refractivity contribution in [1.29, 1.82) is 0 Å². The summed E-state index contributed by atoms with van der Waals surface area (Å²) in [4.78, 5) is 24.3. The fraction of sp³-hybridized carbons (Fsp3) is 0.370. The van der Waals surface area contributed by atoms with Crippen molar-refractivity contribution in [2.45, 2.75) is 19.3 Å². The summed E-state index contributed by atoms with van der Waals surface area (Å²) in [5.41, 5.74) is 3.19. The fourth-order valence-corrected chi connectivity index (χ4v) is 4.89. The van der Waals surface area contributed by atoms with Crippen LogP contribution in [0.2, 0.25) is 5.02 Å². The summed E-state index contributed by atoms with van der Waals surface area (Å²) in [6.07, 6.45) is 3.35. The molecule has 4 rings (SSSR count). The fourth-order valence-electron chi connectivity index (χ4n) is 4.49. The van der Waals surface area contributed by atoms with Crippen molar-refractivity contribution in [2.75, 3.05) is 66.7 Å². The van der Waals surface area contributed by atoms with Gasteiger partial charge in [0.1, 0.15) is 22.6 Å². The van der Waals surface area contributed by atoms with Gasteiger partial charge in [-0.2, -0.15) is 4.98 Å². The number of para-hydroxylation sites is 2. The number of thiol groups is 1.